The molecule has 0 N–H and O–H groups in total. The fourth-order valence-corrected chi connectivity index (χ4v) is 6.28. The smallest absolute Gasteiger partial charge is 0.264 e. The van der Waals surface area contributed by atoms with Crippen molar-refractivity contribution in [2.45, 2.75) is 31.6 Å². The third-order valence-electron chi connectivity index (χ3n) is 6.95. The molecule has 0 aliphatic carbocycles. The van der Waals surface area contributed by atoms with E-state index in [9.17, 15) is 8.42 Å². The summed E-state index contributed by atoms with van der Waals surface area (Å²) in [5.41, 5.74) is 7.98. The van der Waals surface area contributed by atoms with Gasteiger partial charge in [-0.3, -0.25) is 4.31 Å². The molecule has 0 radical (unpaired) electrons. The van der Waals surface area contributed by atoms with E-state index in [2.05, 4.69) is 49.4 Å². The summed E-state index contributed by atoms with van der Waals surface area (Å²) in [7, 11) is -3.84. The van der Waals surface area contributed by atoms with Crippen molar-refractivity contribution in [1.82, 2.24) is 4.31 Å². The van der Waals surface area contributed by atoms with E-state index in [-0.39, 0.29) is 5.92 Å². The van der Waals surface area contributed by atoms with Crippen LogP contribution in [-0.2, 0) is 10.0 Å². The highest BCUT2D eigenvalue weighted by molar-refractivity contribution is 7.89. The molecule has 1 heterocycles. The number of rotatable bonds is 5. The molecule has 4 heteroatoms. The minimum Gasteiger partial charge on any atom is -0.265 e. The van der Waals surface area contributed by atoms with Crippen molar-refractivity contribution in [2.24, 2.45) is 0 Å². The lowest BCUT2D eigenvalue weighted by Gasteiger charge is -2.29. The van der Waals surface area contributed by atoms with Gasteiger partial charge in [-0.1, -0.05) is 108 Å². The molecule has 186 valence electrons. The summed E-state index contributed by atoms with van der Waals surface area (Å²) in [6, 6.07) is 33.7. The highest BCUT2D eigenvalue weighted by Gasteiger charge is 2.32. The standard InChI is InChI=1S/C33H31NO2S/c1-24-13-17-28(18-14-24)29-21-30(27-10-5-4-6-11-27)23-34(33(22-29)32-12-8-7-9-26(32)3)37(35,36)31-19-15-25(2)16-20-31/h4-22,30H,23H2,1-3H3. The molecular formula is C33H31NO2S. The summed E-state index contributed by atoms with van der Waals surface area (Å²) in [5.74, 6) is -0.129. The number of aryl methyl sites for hydroxylation is 3. The second-order valence-corrected chi connectivity index (χ2v) is 11.6. The van der Waals surface area contributed by atoms with Gasteiger partial charge >= 0.3 is 0 Å². The molecule has 0 aromatic heterocycles. The average molecular weight is 506 g/mol. The molecule has 0 bridgehead atoms. The second-order valence-electron chi connectivity index (χ2n) is 9.70. The van der Waals surface area contributed by atoms with Crippen LogP contribution in [0, 0.1) is 20.8 Å². The normalized spacial score (nSPS) is 16.1. The van der Waals surface area contributed by atoms with Gasteiger partial charge in [0.25, 0.3) is 10.0 Å². The molecule has 1 aliphatic heterocycles. The molecule has 0 amide bonds. The third kappa shape index (κ3) is 5.16. The lowest BCUT2D eigenvalue weighted by Crippen LogP contribution is -2.33. The van der Waals surface area contributed by atoms with Crippen LogP contribution in [0.25, 0.3) is 11.3 Å². The number of nitrogens with zero attached hydrogens (tertiary/aromatic N) is 1. The van der Waals surface area contributed by atoms with Gasteiger partial charge in [-0.2, -0.15) is 0 Å². The van der Waals surface area contributed by atoms with Gasteiger partial charge in [-0.05, 0) is 61.2 Å². The van der Waals surface area contributed by atoms with Crippen LogP contribution in [0.2, 0.25) is 0 Å². The predicted octanol–water partition coefficient (Wildman–Crippen LogP) is 7.52. The van der Waals surface area contributed by atoms with Crippen LogP contribution in [0.1, 0.15) is 39.3 Å². The summed E-state index contributed by atoms with van der Waals surface area (Å²) in [6.07, 6.45) is 4.25. The minimum absolute atomic E-state index is 0.129. The van der Waals surface area contributed by atoms with Gasteiger partial charge in [0.2, 0.25) is 0 Å². The quantitative estimate of drug-likeness (QED) is 0.281. The van der Waals surface area contributed by atoms with Crippen molar-refractivity contribution in [3.8, 4) is 0 Å². The van der Waals surface area contributed by atoms with E-state index >= 15 is 0 Å². The Morgan fingerprint density at radius 2 is 1.30 bits per heavy atom. The predicted molar refractivity (Wildman–Crippen MR) is 153 cm³/mol. The molecule has 1 atom stereocenters. The number of allylic oxidation sites excluding steroid dienone is 2. The first kappa shape index (κ1) is 24.8. The van der Waals surface area contributed by atoms with Gasteiger partial charge in [0.1, 0.15) is 0 Å². The molecule has 4 aromatic carbocycles. The SMILES string of the molecule is Cc1ccc(C2=CC(c3ccccc3)CN(S(=O)(=O)c3ccc(C)cc3)C(c3ccccc3C)=C2)cc1. The van der Waals surface area contributed by atoms with E-state index in [0.29, 0.717) is 17.1 Å². The van der Waals surface area contributed by atoms with Gasteiger partial charge in [0.05, 0.1) is 10.6 Å². The molecule has 1 aliphatic rings. The molecule has 3 nitrogen and oxygen atoms in total. The number of hydrogen-bond acceptors (Lipinski definition) is 2. The maximum atomic E-state index is 14.3. The van der Waals surface area contributed by atoms with Crippen molar-refractivity contribution in [1.29, 1.82) is 0 Å². The zero-order valence-electron chi connectivity index (χ0n) is 21.4. The van der Waals surface area contributed by atoms with Gasteiger partial charge in [0, 0.05) is 18.0 Å². The summed E-state index contributed by atoms with van der Waals surface area (Å²) in [6.45, 7) is 6.37. The van der Waals surface area contributed by atoms with Crippen LogP contribution < -0.4 is 0 Å². The topological polar surface area (TPSA) is 37.4 Å². The summed E-state index contributed by atoms with van der Waals surface area (Å²) in [5, 5.41) is 0. The fraction of sp³-hybridized carbons (Fsp3) is 0.152. The number of sulfonamides is 1. The van der Waals surface area contributed by atoms with Gasteiger partial charge < -0.3 is 0 Å². The fourth-order valence-electron chi connectivity index (χ4n) is 4.78. The lowest BCUT2D eigenvalue weighted by molar-refractivity contribution is 0.499. The molecular weight excluding hydrogens is 474 g/mol. The van der Waals surface area contributed by atoms with Crippen molar-refractivity contribution >= 4 is 21.3 Å². The highest BCUT2D eigenvalue weighted by Crippen LogP contribution is 2.38. The maximum Gasteiger partial charge on any atom is 0.264 e. The lowest BCUT2D eigenvalue weighted by atomic mass is 9.94. The summed E-state index contributed by atoms with van der Waals surface area (Å²) >= 11 is 0. The van der Waals surface area contributed by atoms with Gasteiger partial charge in [0.15, 0.2) is 0 Å². The number of hydrogen-bond donors (Lipinski definition) is 0. The zero-order valence-corrected chi connectivity index (χ0v) is 22.2. The maximum absolute atomic E-state index is 14.3. The van der Waals surface area contributed by atoms with Crippen LogP contribution in [0.4, 0.5) is 0 Å². The van der Waals surface area contributed by atoms with Crippen molar-refractivity contribution < 1.29 is 8.42 Å². The zero-order chi connectivity index (χ0) is 26.0. The molecule has 5 rings (SSSR count). The Morgan fingerprint density at radius 1 is 0.703 bits per heavy atom. The largest absolute Gasteiger partial charge is 0.265 e. The van der Waals surface area contributed by atoms with E-state index in [0.717, 1.165) is 33.4 Å². The Labute approximate surface area is 220 Å². The van der Waals surface area contributed by atoms with Gasteiger partial charge in [-0.15, -0.1) is 0 Å². The van der Waals surface area contributed by atoms with E-state index in [1.807, 2.05) is 74.5 Å². The van der Waals surface area contributed by atoms with Crippen LogP contribution in [-0.4, -0.2) is 19.3 Å². The van der Waals surface area contributed by atoms with E-state index in [4.69, 9.17) is 0 Å². The van der Waals surface area contributed by atoms with Crippen molar-refractivity contribution in [3.63, 3.8) is 0 Å². The summed E-state index contributed by atoms with van der Waals surface area (Å²) in [4.78, 5) is 0.295. The van der Waals surface area contributed by atoms with Gasteiger partial charge in [-0.25, -0.2) is 8.42 Å². The third-order valence-corrected chi connectivity index (χ3v) is 8.74. The first-order valence-corrected chi connectivity index (χ1v) is 14.0. The Hall–Kier alpha value is -3.89. The second kappa shape index (κ2) is 10.2. The van der Waals surface area contributed by atoms with E-state index in [1.54, 1.807) is 16.4 Å². The first-order valence-electron chi connectivity index (χ1n) is 12.5. The molecule has 1 unspecified atom stereocenters. The highest BCUT2D eigenvalue weighted by atomic mass is 32.2. The molecule has 37 heavy (non-hydrogen) atoms. The minimum atomic E-state index is -3.84. The molecule has 4 aromatic rings. The Balaban J connectivity index is 1.75. The number of benzene rings is 4. The van der Waals surface area contributed by atoms with Crippen molar-refractivity contribution in [2.75, 3.05) is 6.54 Å². The van der Waals surface area contributed by atoms with Crippen molar-refractivity contribution in [3.05, 3.63) is 149 Å². The first-order chi connectivity index (χ1) is 17.8. The Bertz CT molecular complexity index is 1570. The average Bonchev–Trinajstić information content (AvgIpc) is 3.11. The molecule has 0 saturated heterocycles. The van der Waals surface area contributed by atoms with E-state index in [1.165, 1.54) is 5.56 Å². The monoisotopic (exact) mass is 505 g/mol. The van der Waals surface area contributed by atoms with Crippen LogP contribution in [0.15, 0.2) is 120 Å². The molecule has 0 fully saturated rings. The molecule has 0 saturated carbocycles. The van der Waals surface area contributed by atoms with Crippen LogP contribution in [0.3, 0.4) is 0 Å². The Kier molecular flexibility index (Phi) is 6.86. The Morgan fingerprint density at radius 3 is 1.95 bits per heavy atom. The molecule has 0 spiro atoms. The van der Waals surface area contributed by atoms with Crippen LogP contribution >= 0.6 is 0 Å². The van der Waals surface area contributed by atoms with E-state index < -0.39 is 10.0 Å². The van der Waals surface area contributed by atoms with Crippen LogP contribution in [0.5, 0.6) is 0 Å². The summed E-state index contributed by atoms with van der Waals surface area (Å²) < 4.78 is 30.2.